The molecule has 0 aliphatic heterocycles. The number of hydrogen-bond acceptors (Lipinski definition) is 2. The fourth-order valence-corrected chi connectivity index (χ4v) is 4.03. The van der Waals surface area contributed by atoms with E-state index in [1.54, 1.807) is 6.07 Å². The minimum absolute atomic E-state index is 0.520. The van der Waals surface area contributed by atoms with Gasteiger partial charge in [0.1, 0.15) is 11.6 Å². The van der Waals surface area contributed by atoms with Crippen LogP contribution < -0.4 is 4.74 Å². The summed E-state index contributed by atoms with van der Waals surface area (Å²) >= 11 is 12.6. The number of aryl methyl sites for hydroxylation is 1. The first-order valence-electron chi connectivity index (χ1n) is 10.2. The van der Waals surface area contributed by atoms with Gasteiger partial charge in [-0.2, -0.15) is 0 Å². The van der Waals surface area contributed by atoms with Gasteiger partial charge in [0.15, 0.2) is 0 Å². The minimum atomic E-state index is 0.520. The molecule has 0 atom stereocenters. The number of fused-ring (bicyclic) bond motifs is 1. The van der Waals surface area contributed by atoms with Crippen LogP contribution in [0.5, 0.6) is 5.75 Å². The maximum absolute atomic E-state index is 6.48. The van der Waals surface area contributed by atoms with E-state index in [1.807, 2.05) is 42.5 Å². The zero-order chi connectivity index (χ0) is 21.1. The molecule has 3 aromatic carbocycles. The van der Waals surface area contributed by atoms with Crippen LogP contribution in [0.2, 0.25) is 10.0 Å². The number of halogens is 2. The van der Waals surface area contributed by atoms with E-state index in [-0.39, 0.29) is 0 Å². The highest BCUT2D eigenvalue weighted by molar-refractivity contribution is 6.36. The lowest BCUT2D eigenvalue weighted by atomic mass is 10.0. The van der Waals surface area contributed by atoms with Crippen LogP contribution in [0, 0.1) is 0 Å². The summed E-state index contributed by atoms with van der Waals surface area (Å²) < 4.78 is 8.16. The Labute approximate surface area is 187 Å². The number of benzene rings is 3. The normalized spacial score (nSPS) is 11.4. The average Bonchev–Trinajstić information content (AvgIpc) is 3.10. The summed E-state index contributed by atoms with van der Waals surface area (Å²) in [5.74, 6) is 2.27. The second-order valence-electron chi connectivity index (χ2n) is 7.63. The van der Waals surface area contributed by atoms with Crippen molar-refractivity contribution in [2.45, 2.75) is 32.7 Å². The maximum Gasteiger partial charge on any atom is 0.142 e. The molecule has 0 spiro atoms. The number of nitrogens with zero attached hydrogens (tertiary/aromatic N) is 2. The van der Waals surface area contributed by atoms with Crippen molar-refractivity contribution < 1.29 is 4.74 Å². The van der Waals surface area contributed by atoms with Gasteiger partial charge < -0.3 is 9.30 Å². The molecule has 3 nitrogen and oxygen atoms in total. The molecule has 4 rings (SSSR count). The van der Waals surface area contributed by atoms with Crippen molar-refractivity contribution in [2.24, 2.45) is 0 Å². The van der Waals surface area contributed by atoms with E-state index >= 15 is 0 Å². The van der Waals surface area contributed by atoms with E-state index in [0.717, 1.165) is 41.1 Å². The molecule has 0 aliphatic carbocycles. The summed E-state index contributed by atoms with van der Waals surface area (Å²) in [6.45, 7) is 5.78. The van der Waals surface area contributed by atoms with Gasteiger partial charge in [0.25, 0.3) is 0 Å². The Kier molecular flexibility index (Phi) is 6.31. The molecule has 0 aliphatic rings. The topological polar surface area (TPSA) is 27.1 Å². The van der Waals surface area contributed by atoms with E-state index < -0.39 is 0 Å². The summed E-state index contributed by atoms with van der Waals surface area (Å²) in [7, 11) is 0. The van der Waals surface area contributed by atoms with Crippen LogP contribution in [0.25, 0.3) is 22.4 Å². The van der Waals surface area contributed by atoms with Crippen LogP contribution >= 0.6 is 23.2 Å². The zero-order valence-corrected chi connectivity index (χ0v) is 18.6. The van der Waals surface area contributed by atoms with E-state index in [4.69, 9.17) is 32.9 Å². The van der Waals surface area contributed by atoms with Crippen molar-refractivity contribution >= 4 is 34.2 Å². The highest BCUT2D eigenvalue weighted by Gasteiger charge is 2.15. The van der Waals surface area contributed by atoms with Crippen molar-refractivity contribution in [3.05, 3.63) is 82.3 Å². The van der Waals surface area contributed by atoms with Gasteiger partial charge in [-0.3, -0.25) is 0 Å². The van der Waals surface area contributed by atoms with Gasteiger partial charge >= 0.3 is 0 Å². The Morgan fingerprint density at radius 2 is 1.73 bits per heavy atom. The van der Waals surface area contributed by atoms with Gasteiger partial charge in [-0.15, -0.1) is 0 Å². The van der Waals surface area contributed by atoms with Gasteiger partial charge in [-0.25, -0.2) is 4.98 Å². The summed E-state index contributed by atoms with van der Waals surface area (Å²) in [5.41, 5.74) is 4.22. The highest BCUT2D eigenvalue weighted by atomic mass is 35.5. The number of ether oxygens (including phenoxy) is 1. The number of imidazole rings is 1. The van der Waals surface area contributed by atoms with Crippen LogP contribution in [0.1, 0.15) is 31.7 Å². The fraction of sp³-hybridized carbons (Fsp3) is 0.240. The molecule has 0 amide bonds. The van der Waals surface area contributed by atoms with Crippen LogP contribution in [0.3, 0.4) is 0 Å². The molecule has 1 heterocycles. The number of hydrogen-bond donors (Lipinski definition) is 0. The molecule has 5 heteroatoms. The molecule has 154 valence electrons. The second kappa shape index (κ2) is 9.11. The zero-order valence-electron chi connectivity index (χ0n) is 17.1. The molecule has 0 fully saturated rings. The summed E-state index contributed by atoms with van der Waals surface area (Å²) in [6.07, 6.45) is 0.852. The SMILES string of the molecule is CC(C)c1ccc(OCCCn2c(-c3ccc(Cl)cc3Cl)nc3ccccc32)cc1. The van der Waals surface area contributed by atoms with Gasteiger partial charge in [-0.05, 0) is 60.4 Å². The lowest BCUT2D eigenvalue weighted by Crippen LogP contribution is -2.06. The summed E-state index contributed by atoms with van der Waals surface area (Å²) in [5, 5.41) is 1.21. The van der Waals surface area contributed by atoms with Gasteiger partial charge in [-0.1, -0.05) is 61.3 Å². The molecule has 30 heavy (non-hydrogen) atoms. The third-order valence-corrected chi connectivity index (χ3v) is 5.72. The van der Waals surface area contributed by atoms with Crippen LogP contribution in [-0.2, 0) is 6.54 Å². The molecular formula is C25H24Cl2N2O. The number of aromatic nitrogens is 2. The average molecular weight is 439 g/mol. The van der Waals surface area contributed by atoms with Gasteiger partial charge in [0.2, 0.25) is 0 Å². The predicted molar refractivity (Wildman–Crippen MR) is 126 cm³/mol. The lowest BCUT2D eigenvalue weighted by Gasteiger charge is -2.12. The van der Waals surface area contributed by atoms with E-state index in [0.29, 0.717) is 22.6 Å². The maximum atomic E-state index is 6.48. The largest absolute Gasteiger partial charge is 0.494 e. The molecule has 0 bridgehead atoms. The van der Waals surface area contributed by atoms with E-state index in [2.05, 4.69) is 36.6 Å². The van der Waals surface area contributed by atoms with Crippen molar-refractivity contribution in [1.82, 2.24) is 9.55 Å². The number of para-hydroxylation sites is 2. The molecule has 0 saturated carbocycles. The van der Waals surface area contributed by atoms with Crippen LogP contribution in [0.15, 0.2) is 66.7 Å². The minimum Gasteiger partial charge on any atom is -0.494 e. The first kappa shape index (κ1) is 20.8. The second-order valence-corrected chi connectivity index (χ2v) is 8.47. The third-order valence-electron chi connectivity index (χ3n) is 5.17. The first-order valence-corrected chi connectivity index (χ1v) is 10.9. The summed E-state index contributed by atoms with van der Waals surface area (Å²) in [4.78, 5) is 4.83. The first-order chi connectivity index (χ1) is 14.5. The van der Waals surface area contributed by atoms with Gasteiger partial charge in [0.05, 0.1) is 22.7 Å². The highest BCUT2D eigenvalue weighted by Crippen LogP contribution is 2.32. The fourth-order valence-electron chi connectivity index (χ4n) is 3.54. The van der Waals surface area contributed by atoms with Crippen molar-refractivity contribution in [3.8, 4) is 17.1 Å². The quantitative estimate of drug-likeness (QED) is 0.277. The van der Waals surface area contributed by atoms with Crippen molar-refractivity contribution in [3.63, 3.8) is 0 Å². The molecule has 0 radical (unpaired) electrons. The van der Waals surface area contributed by atoms with E-state index in [1.165, 1.54) is 5.56 Å². The Balaban J connectivity index is 1.52. The standard InChI is InChI=1S/C25H24Cl2N2O/c1-17(2)18-8-11-20(12-9-18)30-15-5-14-29-24-7-4-3-6-23(24)28-25(29)21-13-10-19(26)16-22(21)27/h3-4,6-13,16-17H,5,14-15H2,1-2H3. The van der Waals surface area contributed by atoms with Crippen LogP contribution in [-0.4, -0.2) is 16.2 Å². The Morgan fingerprint density at radius 1 is 0.967 bits per heavy atom. The summed E-state index contributed by atoms with van der Waals surface area (Å²) in [6, 6.07) is 22.0. The predicted octanol–water partition coefficient (Wildman–Crippen LogP) is 7.60. The monoisotopic (exact) mass is 438 g/mol. The molecule has 4 aromatic rings. The Bertz CT molecular complexity index is 1150. The van der Waals surface area contributed by atoms with E-state index in [9.17, 15) is 0 Å². The Morgan fingerprint density at radius 3 is 2.47 bits per heavy atom. The smallest absolute Gasteiger partial charge is 0.142 e. The molecule has 0 N–H and O–H groups in total. The van der Waals surface area contributed by atoms with Gasteiger partial charge in [0, 0.05) is 17.1 Å². The Hall–Kier alpha value is -2.49. The van der Waals surface area contributed by atoms with Crippen molar-refractivity contribution in [1.29, 1.82) is 0 Å². The third kappa shape index (κ3) is 4.48. The molecule has 0 unspecified atom stereocenters. The molecule has 1 aromatic heterocycles. The number of rotatable bonds is 7. The lowest BCUT2D eigenvalue weighted by molar-refractivity contribution is 0.303. The molecule has 0 saturated heterocycles. The molecular weight excluding hydrogens is 415 g/mol. The van der Waals surface area contributed by atoms with Crippen molar-refractivity contribution in [2.75, 3.05) is 6.61 Å². The van der Waals surface area contributed by atoms with Crippen LogP contribution in [0.4, 0.5) is 0 Å².